The number of hydrogen-bond donors (Lipinski definition) is 3. The molecule has 2 fully saturated rings. The molecule has 3 aliphatic heterocycles. The van der Waals surface area contributed by atoms with Crippen molar-refractivity contribution in [3.63, 3.8) is 0 Å². The predicted molar refractivity (Wildman–Crippen MR) is 143 cm³/mol. The molecule has 206 valence electrons. The van der Waals surface area contributed by atoms with E-state index < -0.39 is 35.7 Å². The van der Waals surface area contributed by atoms with E-state index in [2.05, 4.69) is 16.0 Å². The number of hydrogen-bond acceptors (Lipinski definition) is 6. The van der Waals surface area contributed by atoms with Gasteiger partial charge in [0.05, 0.1) is 11.1 Å². The van der Waals surface area contributed by atoms with E-state index in [4.69, 9.17) is 0 Å². The molecule has 1 saturated heterocycles. The van der Waals surface area contributed by atoms with Crippen LogP contribution in [0.1, 0.15) is 70.4 Å². The van der Waals surface area contributed by atoms with Crippen LogP contribution in [0.5, 0.6) is 0 Å². The van der Waals surface area contributed by atoms with Gasteiger partial charge < -0.3 is 15.5 Å². The summed E-state index contributed by atoms with van der Waals surface area (Å²) in [4.78, 5) is 77.6. The van der Waals surface area contributed by atoms with Crippen molar-refractivity contribution < 1.29 is 28.8 Å². The molecule has 4 aliphatic rings. The molecule has 11 nitrogen and oxygen atoms in total. The van der Waals surface area contributed by atoms with Gasteiger partial charge in [-0.3, -0.25) is 34.2 Å². The van der Waals surface area contributed by atoms with Crippen LogP contribution in [0.25, 0.3) is 0 Å². The molecule has 0 bridgehead atoms. The third-order valence-corrected chi connectivity index (χ3v) is 8.16. The number of nitrogens with one attached hydrogen (secondary N) is 3. The number of carbonyl (C=O) groups excluding carboxylic acids is 6. The second-order valence-corrected chi connectivity index (χ2v) is 10.8. The number of piperidine rings is 1. The molecule has 1 saturated carbocycles. The number of imide groups is 2. The Kier molecular flexibility index (Phi) is 6.57. The van der Waals surface area contributed by atoms with Gasteiger partial charge in [-0.1, -0.05) is 12.5 Å². The number of carbonyl (C=O) groups is 6. The monoisotopic (exact) mass is 543 g/mol. The number of fused-ring (bicyclic) bond motifs is 2. The standard InChI is InChI=1S/C29H29N5O6/c35-24-10-9-23(26(37)32-24)34-27(38)20-7-4-17(12-21(20)28(34)39)14-30-29(40)31-19-6-8-22-18(13-19)5-11-25(36)33(22)15-16-2-1-3-16/h4,6-8,12-13,16,23H,1-3,5,9-11,14-15H2,(H2,30,31,40)(H,32,35,37). The lowest BCUT2D eigenvalue weighted by atomic mass is 9.84. The molecule has 11 heteroatoms. The Bertz CT molecular complexity index is 1460. The van der Waals surface area contributed by atoms with Crippen molar-refractivity contribution in [1.82, 2.24) is 15.5 Å². The molecule has 40 heavy (non-hydrogen) atoms. The van der Waals surface area contributed by atoms with E-state index in [0.717, 1.165) is 35.5 Å². The predicted octanol–water partition coefficient (Wildman–Crippen LogP) is 2.49. The highest BCUT2D eigenvalue weighted by Gasteiger charge is 2.44. The quantitative estimate of drug-likeness (QED) is 0.478. The minimum absolute atomic E-state index is 0.0508. The summed E-state index contributed by atoms with van der Waals surface area (Å²) in [5, 5.41) is 7.76. The Morgan fingerprint density at radius 1 is 0.900 bits per heavy atom. The molecule has 1 aliphatic carbocycles. The largest absolute Gasteiger partial charge is 0.334 e. The molecule has 0 aromatic heterocycles. The molecule has 0 spiro atoms. The highest BCUT2D eigenvalue weighted by molar-refractivity contribution is 6.23. The molecule has 6 rings (SSSR count). The summed E-state index contributed by atoms with van der Waals surface area (Å²) in [7, 11) is 0. The first-order valence-corrected chi connectivity index (χ1v) is 13.6. The average Bonchev–Trinajstić information content (AvgIpc) is 3.15. The van der Waals surface area contributed by atoms with Gasteiger partial charge in [0.1, 0.15) is 6.04 Å². The lowest BCUT2D eigenvalue weighted by Gasteiger charge is -2.35. The number of nitrogens with zero attached hydrogens (tertiary/aromatic N) is 2. The zero-order valence-corrected chi connectivity index (χ0v) is 21.8. The van der Waals surface area contributed by atoms with Gasteiger partial charge in [-0.05, 0) is 73.1 Å². The normalized spacial score (nSPS) is 20.6. The van der Waals surface area contributed by atoms with Gasteiger partial charge >= 0.3 is 6.03 Å². The van der Waals surface area contributed by atoms with Crippen LogP contribution in [-0.4, -0.2) is 53.1 Å². The van der Waals surface area contributed by atoms with Crippen LogP contribution in [0.3, 0.4) is 0 Å². The summed E-state index contributed by atoms with van der Waals surface area (Å²) < 4.78 is 0. The summed E-state index contributed by atoms with van der Waals surface area (Å²) >= 11 is 0. The first-order valence-electron chi connectivity index (χ1n) is 13.6. The van der Waals surface area contributed by atoms with E-state index in [1.807, 2.05) is 17.0 Å². The van der Waals surface area contributed by atoms with Crippen LogP contribution in [-0.2, 0) is 27.3 Å². The summed E-state index contributed by atoms with van der Waals surface area (Å²) in [5.41, 5.74) is 3.50. The Balaban J connectivity index is 1.08. The van der Waals surface area contributed by atoms with Crippen molar-refractivity contribution in [3.05, 3.63) is 58.7 Å². The van der Waals surface area contributed by atoms with Crippen molar-refractivity contribution in [3.8, 4) is 0 Å². The van der Waals surface area contributed by atoms with Crippen LogP contribution in [0.2, 0.25) is 0 Å². The number of anilines is 2. The average molecular weight is 544 g/mol. The molecule has 2 aromatic rings. The van der Waals surface area contributed by atoms with Crippen LogP contribution >= 0.6 is 0 Å². The molecular formula is C29H29N5O6. The van der Waals surface area contributed by atoms with Crippen molar-refractivity contribution in [1.29, 1.82) is 0 Å². The lowest BCUT2D eigenvalue weighted by Crippen LogP contribution is -2.54. The van der Waals surface area contributed by atoms with E-state index in [1.165, 1.54) is 18.6 Å². The molecule has 3 N–H and O–H groups in total. The zero-order chi connectivity index (χ0) is 28.0. The van der Waals surface area contributed by atoms with Crippen LogP contribution < -0.4 is 20.9 Å². The molecule has 0 radical (unpaired) electrons. The Labute approximate surface area is 230 Å². The van der Waals surface area contributed by atoms with Crippen molar-refractivity contribution in [2.45, 2.75) is 57.5 Å². The van der Waals surface area contributed by atoms with Crippen molar-refractivity contribution >= 4 is 46.9 Å². The highest BCUT2D eigenvalue weighted by atomic mass is 16.2. The van der Waals surface area contributed by atoms with Gasteiger partial charge in [0, 0.05) is 37.3 Å². The third kappa shape index (κ3) is 4.72. The number of urea groups is 1. The highest BCUT2D eigenvalue weighted by Crippen LogP contribution is 2.35. The lowest BCUT2D eigenvalue weighted by molar-refractivity contribution is -0.136. The van der Waals surface area contributed by atoms with E-state index in [1.54, 1.807) is 12.1 Å². The second-order valence-electron chi connectivity index (χ2n) is 10.8. The smallest absolute Gasteiger partial charge is 0.319 e. The zero-order valence-electron chi connectivity index (χ0n) is 21.8. The van der Waals surface area contributed by atoms with Gasteiger partial charge in [0.25, 0.3) is 11.8 Å². The third-order valence-electron chi connectivity index (χ3n) is 8.16. The molecule has 1 atom stereocenters. The Hall–Kier alpha value is -4.54. The maximum atomic E-state index is 13.0. The summed E-state index contributed by atoms with van der Waals surface area (Å²) in [6, 6.07) is 8.80. The van der Waals surface area contributed by atoms with E-state index in [9.17, 15) is 28.8 Å². The van der Waals surface area contributed by atoms with E-state index >= 15 is 0 Å². The van der Waals surface area contributed by atoms with Crippen molar-refractivity contribution in [2.75, 3.05) is 16.8 Å². The summed E-state index contributed by atoms with van der Waals surface area (Å²) in [5.74, 6) is -1.56. The SMILES string of the molecule is O=C1CCC(N2C(=O)c3ccc(CNC(=O)Nc4ccc5c(c4)CCC(=O)N5CC4CCC4)cc3C2=O)C(=O)N1. The Morgan fingerprint density at radius 2 is 1.70 bits per heavy atom. The minimum atomic E-state index is -1.03. The minimum Gasteiger partial charge on any atom is -0.334 e. The molecule has 3 heterocycles. The van der Waals surface area contributed by atoms with Gasteiger partial charge in [0.15, 0.2) is 0 Å². The van der Waals surface area contributed by atoms with E-state index in [-0.39, 0.29) is 36.4 Å². The van der Waals surface area contributed by atoms with Gasteiger partial charge in [0.2, 0.25) is 17.7 Å². The molecular weight excluding hydrogens is 514 g/mol. The van der Waals surface area contributed by atoms with Crippen molar-refractivity contribution in [2.24, 2.45) is 5.92 Å². The first kappa shape index (κ1) is 25.7. The van der Waals surface area contributed by atoms with Crippen LogP contribution in [0, 0.1) is 5.92 Å². The Morgan fingerprint density at radius 3 is 2.45 bits per heavy atom. The summed E-state index contributed by atoms with van der Waals surface area (Å²) in [6.45, 7) is 0.854. The fraction of sp³-hybridized carbons (Fsp3) is 0.379. The van der Waals surface area contributed by atoms with Gasteiger partial charge in [-0.25, -0.2) is 4.79 Å². The van der Waals surface area contributed by atoms with Crippen LogP contribution in [0.4, 0.5) is 16.2 Å². The molecule has 7 amide bonds. The van der Waals surface area contributed by atoms with Gasteiger partial charge in [-0.15, -0.1) is 0 Å². The van der Waals surface area contributed by atoms with E-state index in [0.29, 0.717) is 30.0 Å². The maximum absolute atomic E-state index is 13.0. The maximum Gasteiger partial charge on any atom is 0.319 e. The number of aryl methyl sites for hydroxylation is 1. The fourth-order valence-corrected chi connectivity index (χ4v) is 5.76. The number of benzene rings is 2. The fourth-order valence-electron chi connectivity index (χ4n) is 5.76. The first-order chi connectivity index (χ1) is 19.3. The second kappa shape index (κ2) is 10.2. The number of rotatable bonds is 6. The van der Waals surface area contributed by atoms with Gasteiger partial charge in [-0.2, -0.15) is 0 Å². The number of amides is 7. The topological polar surface area (TPSA) is 145 Å². The van der Waals surface area contributed by atoms with Crippen LogP contribution in [0.15, 0.2) is 36.4 Å². The summed E-state index contributed by atoms with van der Waals surface area (Å²) in [6.07, 6.45) is 4.76. The molecule has 1 unspecified atom stereocenters. The molecule has 2 aromatic carbocycles.